The lowest BCUT2D eigenvalue weighted by atomic mass is 10.1. The minimum Gasteiger partial charge on any atom is -0.293 e. The molecule has 0 aliphatic carbocycles. The number of aromatic nitrogens is 3. The number of fused-ring (bicyclic) bond motifs is 1. The standard InChI is InChI=1S/C22H17N3O2S/c1-15-8-10-16(11-9-15)20(26)14-28-22-24-19-7-3-2-6-18(19)21(27)25(22)17-5-4-12-23-13-17/h2-13H,14H2,1H3. The largest absolute Gasteiger partial charge is 0.293 e. The van der Waals surface area contributed by atoms with Crippen LogP contribution in [-0.4, -0.2) is 26.1 Å². The number of para-hydroxylation sites is 1. The molecule has 5 nitrogen and oxygen atoms in total. The molecular weight excluding hydrogens is 370 g/mol. The first-order valence-corrected chi connectivity index (χ1v) is 9.77. The van der Waals surface area contributed by atoms with Gasteiger partial charge in [-0.05, 0) is 31.2 Å². The van der Waals surface area contributed by atoms with E-state index in [2.05, 4.69) is 9.97 Å². The molecule has 0 bridgehead atoms. The van der Waals surface area contributed by atoms with Gasteiger partial charge in [-0.3, -0.25) is 19.1 Å². The molecule has 0 amide bonds. The number of carbonyl (C=O) groups excluding carboxylic acids is 1. The van der Waals surface area contributed by atoms with Gasteiger partial charge in [0.2, 0.25) is 0 Å². The van der Waals surface area contributed by atoms with E-state index in [0.29, 0.717) is 27.3 Å². The molecule has 0 spiro atoms. The topological polar surface area (TPSA) is 64.8 Å². The maximum absolute atomic E-state index is 13.1. The van der Waals surface area contributed by atoms with Crippen molar-refractivity contribution in [2.45, 2.75) is 12.1 Å². The van der Waals surface area contributed by atoms with Gasteiger partial charge in [-0.1, -0.05) is 53.7 Å². The van der Waals surface area contributed by atoms with Crippen LogP contribution in [0, 0.1) is 6.92 Å². The van der Waals surface area contributed by atoms with Crippen molar-refractivity contribution in [3.63, 3.8) is 0 Å². The molecule has 0 saturated carbocycles. The Hall–Kier alpha value is -3.25. The second kappa shape index (κ2) is 7.78. The summed E-state index contributed by atoms with van der Waals surface area (Å²) in [6.07, 6.45) is 3.26. The molecule has 0 aliphatic rings. The van der Waals surface area contributed by atoms with Crippen LogP contribution in [0.5, 0.6) is 0 Å². The number of hydrogen-bond acceptors (Lipinski definition) is 5. The molecule has 4 aromatic rings. The molecule has 4 rings (SSSR count). The number of ketones is 1. The molecule has 0 saturated heterocycles. The van der Waals surface area contributed by atoms with E-state index in [1.807, 2.05) is 43.3 Å². The van der Waals surface area contributed by atoms with Crippen LogP contribution in [0.3, 0.4) is 0 Å². The number of carbonyl (C=O) groups is 1. The normalized spacial score (nSPS) is 10.9. The zero-order valence-electron chi connectivity index (χ0n) is 15.2. The van der Waals surface area contributed by atoms with Gasteiger partial charge in [0.15, 0.2) is 10.9 Å². The maximum Gasteiger partial charge on any atom is 0.266 e. The van der Waals surface area contributed by atoms with Crippen LogP contribution < -0.4 is 5.56 Å². The third-order valence-corrected chi connectivity index (χ3v) is 5.29. The smallest absolute Gasteiger partial charge is 0.266 e. The summed E-state index contributed by atoms with van der Waals surface area (Å²) >= 11 is 1.25. The SMILES string of the molecule is Cc1ccc(C(=O)CSc2nc3ccccc3c(=O)n2-c2cccnc2)cc1. The van der Waals surface area contributed by atoms with Crippen LogP contribution in [0.2, 0.25) is 0 Å². The summed E-state index contributed by atoms with van der Waals surface area (Å²) in [5.41, 5.74) is 2.80. The van der Waals surface area contributed by atoms with E-state index in [-0.39, 0.29) is 17.1 Å². The van der Waals surface area contributed by atoms with Crippen molar-refractivity contribution in [1.29, 1.82) is 0 Å². The van der Waals surface area contributed by atoms with E-state index >= 15 is 0 Å². The minimum atomic E-state index is -0.177. The third kappa shape index (κ3) is 3.59. The van der Waals surface area contributed by atoms with Gasteiger partial charge in [-0.2, -0.15) is 0 Å². The number of aryl methyl sites for hydroxylation is 1. The van der Waals surface area contributed by atoms with Crippen molar-refractivity contribution < 1.29 is 4.79 Å². The molecule has 6 heteroatoms. The van der Waals surface area contributed by atoms with Gasteiger partial charge in [-0.25, -0.2) is 4.98 Å². The van der Waals surface area contributed by atoms with Crippen molar-refractivity contribution in [2.75, 3.05) is 5.75 Å². The summed E-state index contributed by atoms with van der Waals surface area (Å²) in [6.45, 7) is 1.98. The molecule has 28 heavy (non-hydrogen) atoms. The van der Waals surface area contributed by atoms with Crippen molar-refractivity contribution in [2.24, 2.45) is 0 Å². The lowest BCUT2D eigenvalue weighted by molar-refractivity contribution is 0.102. The first-order chi connectivity index (χ1) is 13.6. The van der Waals surface area contributed by atoms with Crippen LogP contribution >= 0.6 is 11.8 Å². The highest BCUT2D eigenvalue weighted by molar-refractivity contribution is 7.99. The number of benzene rings is 2. The number of hydrogen-bond donors (Lipinski definition) is 0. The van der Waals surface area contributed by atoms with Crippen LogP contribution in [0.25, 0.3) is 16.6 Å². The fourth-order valence-electron chi connectivity index (χ4n) is 2.88. The van der Waals surface area contributed by atoms with Gasteiger partial charge in [0.05, 0.1) is 28.5 Å². The summed E-state index contributed by atoms with van der Waals surface area (Å²) in [6, 6.07) is 18.2. The van der Waals surface area contributed by atoms with Gasteiger partial charge in [0.1, 0.15) is 0 Å². The third-order valence-electron chi connectivity index (χ3n) is 4.35. The quantitative estimate of drug-likeness (QED) is 0.293. The number of nitrogens with zero attached hydrogens (tertiary/aromatic N) is 3. The summed E-state index contributed by atoms with van der Waals surface area (Å²) in [4.78, 5) is 34.4. The monoisotopic (exact) mass is 387 g/mol. The molecule has 0 N–H and O–H groups in total. The average Bonchev–Trinajstić information content (AvgIpc) is 2.73. The Bertz CT molecular complexity index is 1200. The van der Waals surface area contributed by atoms with Gasteiger partial charge >= 0.3 is 0 Å². The van der Waals surface area contributed by atoms with E-state index in [1.165, 1.54) is 16.3 Å². The highest BCUT2D eigenvalue weighted by Gasteiger charge is 2.15. The average molecular weight is 387 g/mol. The Balaban J connectivity index is 1.74. The summed E-state index contributed by atoms with van der Waals surface area (Å²) in [5.74, 6) is 0.179. The Kier molecular flexibility index (Phi) is 5.04. The predicted octanol–water partition coefficient (Wildman–Crippen LogP) is 4.06. The Morgan fingerprint density at radius 1 is 1.04 bits per heavy atom. The zero-order chi connectivity index (χ0) is 19.5. The molecule has 0 aliphatic heterocycles. The van der Waals surface area contributed by atoms with E-state index in [1.54, 1.807) is 36.7 Å². The summed E-state index contributed by atoms with van der Waals surface area (Å²) < 4.78 is 1.52. The van der Waals surface area contributed by atoms with E-state index in [4.69, 9.17) is 0 Å². The van der Waals surface area contributed by atoms with Gasteiger partial charge in [0.25, 0.3) is 5.56 Å². The predicted molar refractivity (Wildman–Crippen MR) is 111 cm³/mol. The molecule has 0 fully saturated rings. The van der Waals surface area contributed by atoms with E-state index in [9.17, 15) is 9.59 Å². The molecule has 0 atom stereocenters. The summed E-state index contributed by atoms with van der Waals surface area (Å²) in [7, 11) is 0. The van der Waals surface area contributed by atoms with Crippen LogP contribution in [0.15, 0.2) is 83.0 Å². The Morgan fingerprint density at radius 2 is 1.82 bits per heavy atom. The highest BCUT2D eigenvalue weighted by atomic mass is 32.2. The molecule has 2 aromatic carbocycles. The first-order valence-electron chi connectivity index (χ1n) is 8.78. The lowest BCUT2D eigenvalue weighted by Gasteiger charge is -2.12. The number of thioether (sulfide) groups is 1. The number of rotatable bonds is 5. The molecule has 2 aromatic heterocycles. The highest BCUT2D eigenvalue weighted by Crippen LogP contribution is 2.22. The van der Waals surface area contributed by atoms with Gasteiger partial charge in [0, 0.05) is 11.8 Å². The van der Waals surface area contributed by atoms with Crippen molar-refractivity contribution in [1.82, 2.24) is 14.5 Å². The van der Waals surface area contributed by atoms with Gasteiger partial charge < -0.3 is 0 Å². The Labute approximate surface area is 166 Å². The van der Waals surface area contributed by atoms with Crippen molar-refractivity contribution in [3.8, 4) is 5.69 Å². The van der Waals surface area contributed by atoms with Crippen LogP contribution in [0.4, 0.5) is 0 Å². The Morgan fingerprint density at radius 3 is 2.57 bits per heavy atom. The molecule has 138 valence electrons. The zero-order valence-corrected chi connectivity index (χ0v) is 16.0. The fraction of sp³-hybridized carbons (Fsp3) is 0.0909. The van der Waals surface area contributed by atoms with Crippen molar-refractivity contribution in [3.05, 3.63) is 94.5 Å². The second-order valence-corrected chi connectivity index (χ2v) is 7.28. The van der Waals surface area contributed by atoms with Crippen molar-refractivity contribution >= 4 is 28.4 Å². The van der Waals surface area contributed by atoms with Gasteiger partial charge in [-0.15, -0.1) is 0 Å². The maximum atomic E-state index is 13.1. The van der Waals surface area contributed by atoms with E-state index in [0.717, 1.165) is 5.56 Å². The fourth-order valence-corrected chi connectivity index (χ4v) is 3.78. The molecular formula is C22H17N3O2S. The molecule has 0 unspecified atom stereocenters. The van der Waals surface area contributed by atoms with Crippen LogP contribution in [0.1, 0.15) is 15.9 Å². The number of Topliss-reactive ketones (excluding diaryl/α,β-unsaturated/α-hetero) is 1. The second-order valence-electron chi connectivity index (χ2n) is 6.34. The van der Waals surface area contributed by atoms with E-state index < -0.39 is 0 Å². The first kappa shape index (κ1) is 18.1. The minimum absolute atomic E-state index is 0.00913. The lowest BCUT2D eigenvalue weighted by Crippen LogP contribution is -2.22. The molecule has 2 heterocycles. The van der Waals surface area contributed by atoms with Crippen LogP contribution in [-0.2, 0) is 0 Å². The number of pyridine rings is 1. The summed E-state index contributed by atoms with van der Waals surface area (Å²) in [5, 5.41) is 0.998. The molecule has 0 radical (unpaired) electrons.